The van der Waals surface area contributed by atoms with Crippen molar-refractivity contribution < 1.29 is 29.9 Å². The molecule has 0 aromatic heterocycles. The number of aliphatic hydroxyl groups excluding tert-OH is 4. The second-order valence-corrected chi connectivity index (χ2v) is 7.82. The summed E-state index contributed by atoms with van der Waals surface area (Å²) in [5.41, 5.74) is 6.02. The normalized spacial score (nSPS) is 31.9. The summed E-state index contributed by atoms with van der Waals surface area (Å²) >= 11 is 0. The molecule has 2 aromatic carbocycles. The Morgan fingerprint density at radius 1 is 1.04 bits per heavy atom. The molecule has 150 valence electrons. The number of fused-ring (bicyclic) bond motifs is 2. The van der Waals surface area contributed by atoms with Gasteiger partial charge in [0.1, 0.15) is 24.4 Å². The average Bonchev–Trinajstić information content (AvgIpc) is 3.03. The van der Waals surface area contributed by atoms with Gasteiger partial charge in [0.25, 0.3) is 0 Å². The van der Waals surface area contributed by atoms with Crippen molar-refractivity contribution in [3.63, 3.8) is 0 Å². The van der Waals surface area contributed by atoms with Gasteiger partial charge >= 0.3 is 0 Å². The minimum absolute atomic E-state index is 0.221. The second-order valence-electron chi connectivity index (χ2n) is 7.82. The number of aliphatic hydroxyl groups is 4. The summed E-state index contributed by atoms with van der Waals surface area (Å²) in [5, 5.41) is 40.6. The molecule has 0 radical (unpaired) electrons. The van der Waals surface area contributed by atoms with Crippen molar-refractivity contribution in [2.24, 2.45) is 0 Å². The van der Waals surface area contributed by atoms with Gasteiger partial charge < -0.3 is 29.9 Å². The Bertz CT molecular complexity index is 862. The minimum atomic E-state index is -1.60. The zero-order valence-corrected chi connectivity index (χ0v) is 16.0. The van der Waals surface area contributed by atoms with Gasteiger partial charge in [-0.2, -0.15) is 0 Å². The largest absolute Gasteiger partial charge is 0.394 e. The Kier molecular flexibility index (Phi) is 5.03. The number of ether oxygens (including phenoxy) is 2. The number of hydrogen-bond donors (Lipinski definition) is 4. The fourth-order valence-corrected chi connectivity index (χ4v) is 4.12. The van der Waals surface area contributed by atoms with Crippen LogP contribution < -0.4 is 0 Å². The molecule has 4 N–H and O–H groups in total. The molecular formula is C22H26O6. The van der Waals surface area contributed by atoms with Crippen LogP contribution in [0.25, 0.3) is 0 Å². The summed E-state index contributed by atoms with van der Waals surface area (Å²) in [4.78, 5) is 0. The first kappa shape index (κ1) is 19.5. The molecule has 0 aliphatic carbocycles. The van der Waals surface area contributed by atoms with Gasteiger partial charge in [-0.15, -0.1) is 0 Å². The van der Waals surface area contributed by atoms with Crippen molar-refractivity contribution in [3.8, 4) is 0 Å². The highest BCUT2D eigenvalue weighted by molar-refractivity contribution is 5.45. The maximum absolute atomic E-state index is 10.7. The average molecular weight is 386 g/mol. The van der Waals surface area contributed by atoms with Crippen LogP contribution in [0.2, 0.25) is 0 Å². The highest BCUT2D eigenvalue weighted by Gasteiger charge is 2.58. The molecular weight excluding hydrogens is 360 g/mol. The van der Waals surface area contributed by atoms with E-state index in [9.17, 15) is 20.4 Å². The number of benzene rings is 2. The van der Waals surface area contributed by atoms with E-state index in [-0.39, 0.29) is 6.61 Å². The van der Waals surface area contributed by atoms with Gasteiger partial charge in [-0.25, -0.2) is 0 Å². The van der Waals surface area contributed by atoms with Crippen molar-refractivity contribution in [3.05, 3.63) is 69.8 Å². The van der Waals surface area contributed by atoms with Crippen LogP contribution in [0.5, 0.6) is 0 Å². The number of aryl methyl sites for hydroxylation is 2. The Labute approximate surface area is 164 Å². The van der Waals surface area contributed by atoms with Crippen LogP contribution in [0, 0.1) is 13.8 Å². The fraction of sp³-hybridized carbons (Fsp3) is 0.455. The second kappa shape index (κ2) is 7.22. The van der Waals surface area contributed by atoms with Gasteiger partial charge in [-0.3, -0.25) is 0 Å². The van der Waals surface area contributed by atoms with E-state index in [0.29, 0.717) is 12.0 Å². The van der Waals surface area contributed by atoms with Gasteiger partial charge in [0.05, 0.1) is 13.2 Å². The lowest BCUT2D eigenvalue weighted by molar-refractivity contribution is -0.368. The predicted molar refractivity (Wildman–Crippen MR) is 102 cm³/mol. The molecule has 2 heterocycles. The molecule has 2 aliphatic rings. The van der Waals surface area contributed by atoms with Gasteiger partial charge in [0.2, 0.25) is 5.79 Å². The molecule has 28 heavy (non-hydrogen) atoms. The molecule has 1 fully saturated rings. The molecule has 0 amide bonds. The highest BCUT2D eigenvalue weighted by Crippen LogP contribution is 2.46. The lowest BCUT2D eigenvalue weighted by Crippen LogP contribution is -2.63. The van der Waals surface area contributed by atoms with Gasteiger partial charge in [-0.05, 0) is 48.6 Å². The van der Waals surface area contributed by atoms with Crippen LogP contribution in [-0.2, 0) is 28.3 Å². The third kappa shape index (κ3) is 3.06. The molecule has 6 nitrogen and oxygen atoms in total. The van der Waals surface area contributed by atoms with Crippen molar-refractivity contribution in [1.82, 2.24) is 0 Å². The Morgan fingerprint density at radius 2 is 1.75 bits per heavy atom. The molecule has 2 aromatic rings. The van der Waals surface area contributed by atoms with E-state index in [0.717, 1.165) is 22.3 Å². The zero-order valence-electron chi connectivity index (χ0n) is 16.0. The zero-order chi connectivity index (χ0) is 20.1. The van der Waals surface area contributed by atoms with Crippen LogP contribution in [0.3, 0.4) is 0 Å². The summed E-state index contributed by atoms with van der Waals surface area (Å²) in [6.07, 6.45) is -4.69. The van der Waals surface area contributed by atoms with Gasteiger partial charge in [-0.1, -0.05) is 35.9 Å². The standard InChI is InChI=1S/C22H26O6/c1-12-3-5-14(6-4-12)8-15-9-17-16(7-13(15)2)11-27-22(17)21(26)20(25)19(24)18(10-23)28-22/h3-7,9,18-21,23-26H,8,10-11H2,1-2H3/t18-,19-,20+,21-,22+/m1/s1. The van der Waals surface area contributed by atoms with Gasteiger partial charge in [0, 0.05) is 5.56 Å². The smallest absolute Gasteiger partial charge is 0.225 e. The van der Waals surface area contributed by atoms with E-state index < -0.39 is 36.8 Å². The van der Waals surface area contributed by atoms with Crippen LogP contribution in [0.1, 0.15) is 33.4 Å². The Hall–Kier alpha value is -1.80. The molecule has 6 heteroatoms. The van der Waals surface area contributed by atoms with Crippen LogP contribution in [0.4, 0.5) is 0 Å². The van der Waals surface area contributed by atoms with Crippen molar-refractivity contribution >= 4 is 0 Å². The maximum atomic E-state index is 10.7. The first-order valence-electron chi connectivity index (χ1n) is 9.51. The lowest BCUT2D eigenvalue weighted by Gasteiger charge is -2.46. The summed E-state index contributed by atoms with van der Waals surface area (Å²) < 4.78 is 11.7. The monoisotopic (exact) mass is 386 g/mol. The fourth-order valence-electron chi connectivity index (χ4n) is 4.12. The Morgan fingerprint density at radius 3 is 2.43 bits per heavy atom. The van der Waals surface area contributed by atoms with Crippen LogP contribution in [-0.4, -0.2) is 51.4 Å². The van der Waals surface area contributed by atoms with Gasteiger partial charge in [0.15, 0.2) is 0 Å². The summed E-state index contributed by atoms with van der Waals surface area (Å²) in [6.45, 7) is 3.80. The third-order valence-electron chi connectivity index (χ3n) is 5.84. The quantitative estimate of drug-likeness (QED) is 0.629. The molecule has 4 rings (SSSR count). The van der Waals surface area contributed by atoms with Crippen LogP contribution >= 0.6 is 0 Å². The molecule has 0 bridgehead atoms. The molecule has 0 saturated carbocycles. The topological polar surface area (TPSA) is 99.4 Å². The number of hydrogen-bond acceptors (Lipinski definition) is 6. The van der Waals surface area contributed by atoms with Crippen molar-refractivity contribution in [2.75, 3.05) is 6.61 Å². The highest BCUT2D eigenvalue weighted by atomic mass is 16.7. The van der Waals surface area contributed by atoms with Crippen molar-refractivity contribution in [2.45, 2.75) is 57.1 Å². The van der Waals surface area contributed by atoms with E-state index in [1.54, 1.807) is 0 Å². The van der Waals surface area contributed by atoms with E-state index in [1.807, 2.05) is 26.0 Å². The molecule has 0 unspecified atom stereocenters. The number of rotatable bonds is 3. The molecule has 1 saturated heterocycles. The summed E-state index contributed by atoms with van der Waals surface area (Å²) in [5.74, 6) is -1.60. The summed E-state index contributed by atoms with van der Waals surface area (Å²) in [7, 11) is 0. The third-order valence-corrected chi connectivity index (χ3v) is 5.84. The van der Waals surface area contributed by atoms with Crippen LogP contribution in [0.15, 0.2) is 36.4 Å². The molecule has 2 aliphatic heterocycles. The van der Waals surface area contributed by atoms with E-state index in [4.69, 9.17) is 9.47 Å². The Balaban J connectivity index is 1.73. The van der Waals surface area contributed by atoms with E-state index in [1.165, 1.54) is 5.56 Å². The first-order chi connectivity index (χ1) is 13.4. The summed E-state index contributed by atoms with van der Waals surface area (Å²) in [6, 6.07) is 12.3. The SMILES string of the molecule is Cc1ccc(Cc2cc3c(cc2C)CO[C@]32O[C@H](CO)[C@@H](O)[C@H](O)[C@H]2O)cc1. The maximum Gasteiger partial charge on any atom is 0.225 e. The first-order valence-corrected chi connectivity index (χ1v) is 9.51. The minimum Gasteiger partial charge on any atom is -0.394 e. The van der Waals surface area contributed by atoms with E-state index in [2.05, 4.69) is 24.3 Å². The molecule has 5 atom stereocenters. The van der Waals surface area contributed by atoms with E-state index >= 15 is 0 Å². The predicted octanol–water partition coefficient (Wildman–Crippen LogP) is 1.05. The molecule has 1 spiro atoms. The lowest BCUT2D eigenvalue weighted by atomic mass is 9.85. The van der Waals surface area contributed by atoms with Crippen molar-refractivity contribution in [1.29, 1.82) is 0 Å².